The van der Waals surface area contributed by atoms with Gasteiger partial charge in [-0.15, -0.1) is 0 Å². The molecule has 0 spiro atoms. The Labute approximate surface area is 149 Å². The van der Waals surface area contributed by atoms with Gasteiger partial charge < -0.3 is 14.8 Å². The molecule has 1 N–H and O–H groups in total. The smallest absolute Gasteiger partial charge is 0.255 e. The summed E-state index contributed by atoms with van der Waals surface area (Å²) in [5.41, 5.74) is 2.93. The van der Waals surface area contributed by atoms with Gasteiger partial charge in [-0.05, 0) is 47.5 Å². The Balaban J connectivity index is 1.75. The van der Waals surface area contributed by atoms with Crippen LogP contribution in [0.15, 0.2) is 65.6 Å². The van der Waals surface area contributed by atoms with Crippen molar-refractivity contribution < 1.29 is 14.3 Å². The SMILES string of the molecule is CC(=O)Nc1cccc(-n2cc(-c3ccc4c(c3)OCO4)ccc2=O)c1. The highest BCUT2D eigenvalue weighted by Crippen LogP contribution is 2.35. The van der Waals surface area contributed by atoms with Gasteiger partial charge in [-0.1, -0.05) is 12.1 Å². The molecule has 130 valence electrons. The van der Waals surface area contributed by atoms with Crippen LogP contribution in [0.2, 0.25) is 0 Å². The van der Waals surface area contributed by atoms with Crippen LogP contribution in [-0.4, -0.2) is 17.3 Å². The van der Waals surface area contributed by atoms with Crippen LogP contribution >= 0.6 is 0 Å². The van der Waals surface area contributed by atoms with E-state index in [2.05, 4.69) is 5.32 Å². The van der Waals surface area contributed by atoms with Crippen molar-refractivity contribution in [2.45, 2.75) is 6.92 Å². The van der Waals surface area contributed by atoms with E-state index in [1.807, 2.05) is 24.3 Å². The van der Waals surface area contributed by atoms with E-state index in [-0.39, 0.29) is 18.3 Å². The number of benzene rings is 2. The Morgan fingerprint density at radius 1 is 1.00 bits per heavy atom. The molecule has 0 fully saturated rings. The van der Waals surface area contributed by atoms with Crippen LogP contribution in [-0.2, 0) is 4.79 Å². The number of rotatable bonds is 3. The largest absolute Gasteiger partial charge is 0.454 e. The highest BCUT2D eigenvalue weighted by Gasteiger charge is 2.14. The number of hydrogen-bond acceptors (Lipinski definition) is 4. The van der Waals surface area contributed by atoms with Gasteiger partial charge in [-0.25, -0.2) is 0 Å². The molecule has 2 aromatic carbocycles. The maximum absolute atomic E-state index is 12.4. The lowest BCUT2D eigenvalue weighted by Crippen LogP contribution is -2.16. The number of anilines is 1. The Kier molecular flexibility index (Phi) is 3.93. The molecule has 6 nitrogen and oxygen atoms in total. The van der Waals surface area contributed by atoms with E-state index >= 15 is 0 Å². The highest BCUT2D eigenvalue weighted by atomic mass is 16.7. The summed E-state index contributed by atoms with van der Waals surface area (Å²) in [6.07, 6.45) is 1.77. The van der Waals surface area contributed by atoms with E-state index < -0.39 is 0 Å². The fourth-order valence-electron chi connectivity index (χ4n) is 2.87. The second kappa shape index (κ2) is 6.40. The lowest BCUT2D eigenvalue weighted by Gasteiger charge is -2.11. The minimum Gasteiger partial charge on any atom is -0.454 e. The van der Waals surface area contributed by atoms with Crippen molar-refractivity contribution in [3.8, 4) is 28.3 Å². The van der Waals surface area contributed by atoms with Crippen LogP contribution < -0.4 is 20.3 Å². The quantitative estimate of drug-likeness (QED) is 0.789. The van der Waals surface area contributed by atoms with Crippen LogP contribution in [0.25, 0.3) is 16.8 Å². The number of nitrogens with one attached hydrogen (secondary N) is 1. The van der Waals surface area contributed by atoms with Gasteiger partial charge >= 0.3 is 0 Å². The zero-order chi connectivity index (χ0) is 18.1. The van der Waals surface area contributed by atoms with Gasteiger partial charge in [0.2, 0.25) is 12.7 Å². The maximum atomic E-state index is 12.4. The molecule has 2 heterocycles. The number of pyridine rings is 1. The summed E-state index contributed by atoms with van der Waals surface area (Å²) in [6, 6.07) is 16.1. The first-order valence-electron chi connectivity index (χ1n) is 8.11. The molecule has 0 radical (unpaired) electrons. The number of carbonyl (C=O) groups is 1. The predicted molar refractivity (Wildman–Crippen MR) is 97.9 cm³/mol. The average Bonchev–Trinajstić information content (AvgIpc) is 3.09. The minimum absolute atomic E-state index is 0.158. The van der Waals surface area contributed by atoms with Gasteiger partial charge in [0.25, 0.3) is 5.56 Å². The zero-order valence-corrected chi connectivity index (χ0v) is 14.1. The molecule has 1 aliphatic heterocycles. The normalized spacial score (nSPS) is 12.0. The van der Waals surface area contributed by atoms with E-state index in [0.717, 1.165) is 11.1 Å². The third-order valence-corrected chi connectivity index (χ3v) is 4.06. The molecule has 0 saturated carbocycles. The summed E-state index contributed by atoms with van der Waals surface area (Å²) in [5.74, 6) is 1.24. The van der Waals surface area contributed by atoms with E-state index in [9.17, 15) is 9.59 Å². The van der Waals surface area contributed by atoms with Crippen molar-refractivity contribution in [2.24, 2.45) is 0 Å². The molecule has 4 rings (SSSR count). The summed E-state index contributed by atoms with van der Waals surface area (Å²) in [4.78, 5) is 23.6. The Morgan fingerprint density at radius 3 is 2.65 bits per heavy atom. The topological polar surface area (TPSA) is 69.6 Å². The van der Waals surface area contributed by atoms with Crippen LogP contribution in [0.3, 0.4) is 0 Å². The molecule has 0 aliphatic carbocycles. The molecule has 0 unspecified atom stereocenters. The number of aromatic nitrogens is 1. The lowest BCUT2D eigenvalue weighted by molar-refractivity contribution is -0.114. The summed E-state index contributed by atoms with van der Waals surface area (Å²) in [7, 11) is 0. The van der Waals surface area contributed by atoms with E-state index in [1.54, 1.807) is 35.0 Å². The molecule has 0 bridgehead atoms. The van der Waals surface area contributed by atoms with Gasteiger partial charge in [0, 0.05) is 24.9 Å². The Bertz CT molecular complexity index is 1060. The highest BCUT2D eigenvalue weighted by molar-refractivity contribution is 5.88. The number of ether oxygens (including phenoxy) is 2. The molecule has 3 aromatic rings. The van der Waals surface area contributed by atoms with Gasteiger partial charge in [0.15, 0.2) is 11.5 Å². The molecule has 1 amide bonds. The first-order chi connectivity index (χ1) is 12.6. The number of fused-ring (bicyclic) bond motifs is 1. The number of nitrogens with zero attached hydrogens (tertiary/aromatic N) is 1. The van der Waals surface area contributed by atoms with Crippen molar-refractivity contribution >= 4 is 11.6 Å². The van der Waals surface area contributed by atoms with Crippen LogP contribution in [0, 0.1) is 0 Å². The van der Waals surface area contributed by atoms with Gasteiger partial charge in [-0.2, -0.15) is 0 Å². The number of carbonyl (C=O) groups excluding carboxylic acids is 1. The molecule has 26 heavy (non-hydrogen) atoms. The molecule has 1 aliphatic rings. The van der Waals surface area contributed by atoms with E-state index in [1.165, 1.54) is 13.0 Å². The maximum Gasteiger partial charge on any atom is 0.255 e. The van der Waals surface area contributed by atoms with Crippen LogP contribution in [0.1, 0.15) is 6.92 Å². The molecule has 1 aromatic heterocycles. The third kappa shape index (κ3) is 3.04. The van der Waals surface area contributed by atoms with Crippen LogP contribution in [0.4, 0.5) is 5.69 Å². The van der Waals surface area contributed by atoms with Crippen molar-refractivity contribution in [2.75, 3.05) is 12.1 Å². The molecular formula is C20H16N2O4. The number of amides is 1. The van der Waals surface area contributed by atoms with E-state index in [0.29, 0.717) is 22.9 Å². The van der Waals surface area contributed by atoms with Gasteiger partial charge in [0.1, 0.15) is 0 Å². The minimum atomic E-state index is -0.163. The summed E-state index contributed by atoms with van der Waals surface area (Å²) in [6.45, 7) is 1.66. The fraction of sp³-hybridized carbons (Fsp3) is 0.100. The number of hydrogen-bond donors (Lipinski definition) is 1. The van der Waals surface area contributed by atoms with Crippen LogP contribution in [0.5, 0.6) is 11.5 Å². The van der Waals surface area contributed by atoms with Gasteiger partial charge in [-0.3, -0.25) is 14.2 Å². The predicted octanol–water partition coefficient (Wildman–Crippen LogP) is 3.19. The second-order valence-electron chi connectivity index (χ2n) is 5.93. The zero-order valence-electron chi connectivity index (χ0n) is 14.1. The van der Waals surface area contributed by atoms with Crippen molar-refractivity contribution in [1.82, 2.24) is 4.57 Å². The van der Waals surface area contributed by atoms with E-state index in [4.69, 9.17) is 9.47 Å². The third-order valence-electron chi connectivity index (χ3n) is 4.06. The molecular weight excluding hydrogens is 332 g/mol. The van der Waals surface area contributed by atoms with Crippen molar-refractivity contribution in [1.29, 1.82) is 0 Å². The first-order valence-corrected chi connectivity index (χ1v) is 8.11. The Hall–Kier alpha value is -3.54. The summed E-state index contributed by atoms with van der Waals surface area (Å²) >= 11 is 0. The summed E-state index contributed by atoms with van der Waals surface area (Å²) < 4.78 is 12.3. The Morgan fingerprint density at radius 2 is 1.81 bits per heavy atom. The first kappa shape index (κ1) is 16.0. The van der Waals surface area contributed by atoms with Crippen molar-refractivity contribution in [3.63, 3.8) is 0 Å². The lowest BCUT2D eigenvalue weighted by atomic mass is 10.1. The standard InChI is InChI=1S/C20H16N2O4/c1-13(23)21-16-3-2-4-17(10-16)22-11-15(6-8-20(22)24)14-5-7-18-19(9-14)26-12-25-18/h2-11H,12H2,1H3,(H,21,23). The molecule has 6 heteroatoms. The molecule has 0 saturated heterocycles. The average molecular weight is 348 g/mol. The second-order valence-corrected chi connectivity index (χ2v) is 5.93. The summed E-state index contributed by atoms with van der Waals surface area (Å²) in [5, 5.41) is 2.72. The van der Waals surface area contributed by atoms with Crippen molar-refractivity contribution in [3.05, 3.63) is 71.1 Å². The fourth-order valence-corrected chi connectivity index (χ4v) is 2.87. The van der Waals surface area contributed by atoms with Gasteiger partial charge in [0.05, 0.1) is 5.69 Å². The monoisotopic (exact) mass is 348 g/mol. The molecule has 0 atom stereocenters.